The summed E-state index contributed by atoms with van der Waals surface area (Å²) >= 11 is 0. The fourth-order valence-corrected chi connectivity index (χ4v) is 2.88. The summed E-state index contributed by atoms with van der Waals surface area (Å²) in [6, 6.07) is 9.30. The summed E-state index contributed by atoms with van der Waals surface area (Å²) in [6.07, 6.45) is 1.54. The first-order chi connectivity index (χ1) is 10.0. The van der Waals surface area contributed by atoms with Gasteiger partial charge >= 0.3 is 6.09 Å². The summed E-state index contributed by atoms with van der Waals surface area (Å²) in [5, 5.41) is 0. The number of carbonyl (C=O) groups excluding carboxylic acids is 2. The van der Waals surface area contributed by atoms with Crippen LogP contribution < -0.4 is 0 Å². The second kappa shape index (κ2) is 6.74. The molecule has 1 aliphatic heterocycles. The predicted octanol–water partition coefficient (Wildman–Crippen LogP) is 3.92. The Kier molecular flexibility index (Phi) is 4.99. The van der Waals surface area contributed by atoms with Crippen molar-refractivity contribution in [1.29, 1.82) is 0 Å². The van der Waals surface area contributed by atoms with Crippen LogP contribution in [0.5, 0.6) is 0 Å². The molecule has 21 heavy (non-hydrogen) atoms. The Labute approximate surface area is 126 Å². The lowest BCUT2D eigenvalue weighted by Gasteiger charge is -2.20. The molecule has 1 aromatic carbocycles. The first-order valence-corrected chi connectivity index (χ1v) is 7.62. The zero-order chi connectivity index (χ0) is 15.4. The van der Waals surface area contributed by atoms with Crippen LogP contribution in [0.15, 0.2) is 30.3 Å². The molecular formula is C17H23NO3. The van der Waals surface area contributed by atoms with E-state index in [-0.39, 0.29) is 18.1 Å². The highest BCUT2D eigenvalue weighted by Gasteiger charge is 2.43. The van der Waals surface area contributed by atoms with Gasteiger partial charge < -0.3 is 4.74 Å². The Bertz CT molecular complexity index is 500. The molecule has 4 heteroatoms. The lowest BCUT2D eigenvalue weighted by Crippen LogP contribution is -2.38. The van der Waals surface area contributed by atoms with Crippen LogP contribution in [0.1, 0.15) is 51.7 Å². The van der Waals surface area contributed by atoms with Gasteiger partial charge in [-0.3, -0.25) is 4.79 Å². The van der Waals surface area contributed by atoms with Gasteiger partial charge in [-0.15, -0.1) is 0 Å². The average molecular weight is 289 g/mol. The SMILES string of the molecule is CCCC(C)CC(=O)N1C(=O)O[C@@H](c2ccccc2)[C@H]1C. The Hall–Kier alpha value is -1.84. The van der Waals surface area contributed by atoms with E-state index in [4.69, 9.17) is 4.74 Å². The average Bonchev–Trinajstić information content (AvgIpc) is 2.75. The molecule has 1 heterocycles. The van der Waals surface area contributed by atoms with Gasteiger partial charge in [0.05, 0.1) is 6.04 Å². The van der Waals surface area contributed by atoms with Gasteiger partial charge in [-0.05, 0) is 18.4 Å². The molecule has 0 radical (unpaired) electrons. The summed E-state index contributed by atoms with van der Waals surface area (Å²) < 4.78 is 5.40. The lowest BCUT2D eigenvalue weighted by atomic mass is 10.00. The van der Waals surface area contributed by atoms with Crippen molar-refractivity contribution in [3.8, 4) is 0 Å². The molecule has 1 fully saturated rings. The van der Waals surface area contributed by atoms with Crippen LogP contribution in [0.3, 0.4) is 0 Å². The molecule has 0 aromatic heterocycles. The van der Waals surface area contributed by atoms with Crippen molar-refractivity contribution in [2.75, 3.05) is 0 Å². The molecule has 0 aliphatic carbocycles. The number of cyclic esters (lactones) is 1. The zero-order valence-corrected chi connectivity index (χ0v) is 12.9. The van der Waals surface area contributed by atoms with Gasteiger partial charge in [-0.1, -0.05) is 57.0 Å². The number of imide groups is 1. The standard InChI is InChI=1S/C17H23NO3/c1-4-8-12(2)11-15(19)18-13(3)16(21-17(18)20)14-9-6-5-7-10-14/h5-7,9-10,12-13,16H,4,8,11H2,1-3H3/t12?,13-,16-/m1/s1. The minimum Gasteiger partial charge on any atom is -0.439 e. The monoisotopic (exact) mass is 289 g/mol. The van der Waals surface area contributed by atoms with E-state index in [1.807, 2.05) is 44.2 Å². The van der Waals surface area contributed by atoms with Crippen LogP contribution in [-0.4, -0.2) is 22.9 Å². The van der Waals surface area contributed by atoms with Crippen molar-refractivity contribution in [1.82, 2.24) is 4.90 Å². The lowest BCUT2D eigenvalue weighted by molar-refractivity contribution is -0.130. The number of hydrogen-bond donors (Lipinski definition) is 0. The molecule has 4 nitrogen and oxygen atoms in total. The maximum atomic E-state index is 12.4. The Morgan fingerprint density at radius 2 is 2.00 bits per heavy atom. The topological polar surface area (TPSA) is 46.6 Å². The first kappa shape index (κ1) is 15.5. The predicted molar refractivity (Wildman–Crippen MR) is 80.7 cm³/mol. The molecule has 1 aliphatic rings. The summed E-state index contributed by atoms with van der Waals surface area (Å²) in [7, 11) is 0. The highest BCUT2D eigenvalue weighted by molar-refractivity contribution is 5.93. The summed E-state index contributed by atoms with van der Waals surface area (Å²) in [4.78, 5) is 25.7. The van der Waals surface area contributed by atoms with Crippen LogP contribution in [0.4, 0.5) is 4.79 Å². The van der Waals surface area contributed by atoms with E-state index in [1.54, 1.807) is 0 Å². The fraction of sp³-hybridized carbons (Fsp3) is 0.529. The van der Waals surface area contributed by atoms with E-state index in [0.717, 1.165) is 18.4 Å². The van der Waals surface area contributed by atoms with Crippen molar-refractivity contribution in [3.05, 3.63) is 35.9 Å². The molecule has 0 N–H and O–H groups in total. The van der Waals surface area contributed by atoms with E-state index in [2.05, 4.69) is 6.92 Å². The van der Waals surface area contributed by atoms with Gasteiger partial charge in [0.1, 0.15) is 6.10 Å². The van der Waals surface area contributed by atoms with E-state index < -0.39 is 6.09 Å². The van der Waals surface area contributed by atoms with Crippen LogP contribution in [-0.2, 0) is 9.53 Å². The molecule has 3 atom stereocenters. The van der Waals surface area contributed by atoms with Gasteiger partial charge in [0, 0.05) is 6.42 Å². The van der Waals surface area contributed by atoms with Gasteiger partial charge in [-0.25, -0.2) is 9.69 Å². The number of ether oxygens (including phenoxy) is 1. The quantitative estimate of drug-likeness (QED) is 0.825. The Morgan fingerprint density at radius 3 is 2.62 bits per heavy atom. The third-order valence-electron chi connectivity index (χ3n) is 3.97. The van der Waals surface area contributed by atoms with Crippen molar-refractivity contribution >= 4 is 12.0 Å². The third kappa shape index (κ3) is 3.43. The minimum absolute atomic E-state index is 0.133. The smallest absolute Gasteiger partial charge is 0.417 e. The summed E-state index contributed by atoms with van der Waals surface area (Å²) in [5.41, 5.74) is 0.926. The van der Waals surface area contributed by atoms with Crippen molar-refractivity contribution in [2.45, 2.75) is 52.2 Å². The van der Waals surface area contributed by atoms with E-state index in [0.29, 0.717) is 12.3 Å². The van der Waals surface area contributed by atoms with E-state index >= 15 is 0 Å². The molecule has 2 rings (SSSR count). The maximum Gasteiger partial charge on any atom is 0.417 e. The van der Waals surface area contributed by atoms with Gasteiger partial charge in [0.25, 0.3) is 0 Å². The fourth-order valence-electron chi connectivity index (χ4n) is 2.88. The third-order valence-corrected chi connectivity index (χ3v) is 3.97. The van der Waals surface area contributed by atoms with E-state index in [9.17, 15) is 9.59 Å². The second-order valence-electron chi connectivity index (χ2n) is 5.82. The highest BCUT2D eigenvalue weighted by atomic mass is 16.6. The number of carbonyl (C=O) groups is 2. The molecule has 1 aromatic rings. The number of rotatable bonds is 5. The molecule has 1 saturated heterocycles. The molecule has 2 amide bonds. The van der Waals surface area contributed by atoms with Gasteiger partial charge in [-0.2, -0.15) is 0 Å². The summed E-state index contributed by atoms with van der Waals surface area (Å²) in [5.74, 6) is 0.158. The zero-order valence-electron chi connectivity index (χ0n) is 12.9. The molecule has 114 valence electrons. The molecule has 0 saturated carbocycles. The molecular weight excluding hydrogens is 266 g/mol. The molecule has 1 unspecified atom stereocenters. The normalized spacial score (nSPS) is 23.0. The van der Waals surface area contributed by atoms with Crippen LogP contribution in [0.25, 0.3) is 0 Å². The van der Waals surface area contributed by atoms with Crippen LogP contribution >= 0.6 is 0 Å². The number of nitrogens with zero attached hydrogens (tertiary/aromatic N) is 1. The van der Waals surface area contributed by atoms with Gasteiger partial charge in [0.2, 0.25) is 5.91 Å². The Morgan fingerprint density at radius 1 is 1.33 bits per heavy atom. The van der Waals surface area contributed by atoms with Crippen molar-refractivity contribution in [3.63, 3.8) is 0 Å². The van der Waals surface area contributed by atoms with Gasteiger partial charge in [0.15, 0.2) is 0 Å². The summed E-state index contributed by atoms with van der Waals surface area (Å²) in [6.45, 7) is 6.01. The number of hydrogen-bond acceptors (Lipinski definition) is 3. The molecule has 0 spiro atoms. The van der Waals surface area contributed by atoms with Crippen molar-refractivity contribution in [2.24, 2.45) is 5.92 Å². The molecule has 0 bridgehead atoms. The minimum atomic E-state index is -0.523. The van der Waals surface area contributed by atoms with E-state index in [1.165, 1.54) is 4.90 Å². The maximum absolute atomic E-state index is 12.4. The number of benzene rings is 1. The second-order valence-corrected chi connectivity index (χ2v) is 5.82. The van der Waals surface area contributed by atoms with Crippen LogP contribution in [0, 0.1) is 5.92 Å². The number of amides is 2. The van der Waals surface area contributed by atoms with Crippen molar-refractivity contribution < 1.29 is 14.3 Å². The largest absolute Gasteiger partial charge is 0.439 e. The highest BCUT2D eigenvalue weighted by Crippen LogP contribution is 2.33. The van der Waals surface area contributed by atoms with Crippen LogP contribution in [0.2, 0.25) is 0 Å². The first-order valence-electron chi connectivity index (χ1n) is 7.62. The Balaban J connectivity index is 2.08.